The molecule has 1 heterocycles. The Labute approximate surface area is 112 Å². The second-order valence-electron chi connectivity index (χ2n) is 3.99. The van der Waals surface area contributed by atoms with Crippen molar-refractivity contribution in [1.82, 2.24) is 4.98 Å². The minimum Gasteiger partial charge on any atom is -0.489 e. The van der Waals surface area contributed by atoms with Gasteiger partial charge in [-0.05, 0) is 36.2 Å². The molecule has 2 N–H and O–H groups in total. The number of aryl methyl sites for hydroxylation is 1. The fourth-order valence-electron chi connectivity index (χ4n) is 1.60. The van der Waals surface area contributed by atoms with Crippen LogP contribution < -0.4 is 10.5 Å². The highest BCUT2D eigenvalue weighted by molar-refractivity contribution is 6.31. The summed E-state index contributed by atoms with van der Waals surface area (Å²) in [5, 5.41) is 0.777. The van der Waals surface area contributed by atoms with Gasteiger partial charge in [0.1, 0.15) is 18.2 Å². The van der Waals surface area contributed by atoms with Crippen molar-refractivity contribution in [3.63, 3.8) is 0 Å². The number of pyridine rings is 1. The Morgan fingerprint density at radius 3 is 2.78 bits per heavy atom. The number of ether oxygens (including phenoxy) is 1. The molecule has 18 heavy (non-hydrogen) atoms. The molecular formula is C14H15ClN2O. The first-order valence-corrected chi connectivity index (χ1v) is 6.18. The standard InChI is InChI=1S/C14H15ClN2O/c1-2-11-7-12(4-5-13(11)15)18-9-10-3-6-14(16)17-8-10/h3-8H,2,9H2,1H3,(H2,16,17). The smallest absolute Gasteiger partial charge is 0.123 e. The summed E-state index contributed by atoms with van der Waals surface area (Å²) in [4.78, 5) is 4.02. The Morgan fingerprint density at radius 2 is 2.11 bits per heavy atom. The van der Waals surface area contributed by atoms with E-state index in [1.165, 1.54) is 0 Å². The van der Waals surface area contributed by atoms with Crippen molar-refractivity contribution in [1.29, 1.82) is 0 Å². The van der Waals surface area contributed by atoms with Crippen LogP contribution in [0.15, 0.2) is 36.5 Å². The Hall–Kier alpha value is -1.74. The van der Waals surface area contributed by atoms with Crippen LogP contribution in [-0.4, -0.2) is 4.98 Å². The molecule has 0 aliphatic rings. The molecule has 0 aliphatic heterocycles. The van der Waals surface area contributed by atoms with E-state index >= 15 is 0 Å². The van der Waals surface area contributed by atoms with Crippen molar-refractivity contribution in [3.8, 4) is 5.75 Å². The normalized spacial score (nSPS) is 10.3. The second-order valence-corrected chi connectivity index (χ2v) is 4.39. The van der Waals surface area contributed by atoms with Crippen LogP contribution in [0.1, 0.15) is 18.1 Å². The monoisotopic (exact) mass is 262 g/mol. The van der Waals surface area contributed by atoms with Gasteiger partial charge in [-0.3, -0.25) is 0 Å². The summed E-state index contributed by atoms with van der Waals surface area (Å²) < 4.78 is 5.69. The number of aromatic nitrogens is 1. The average molecular weight is 263 g/mol. The molecule has 0 unspecified atom stereocenters. The van der Waals surface area contributed by atoms with E-state index in [1.807, 2.05) is 24.3 Å². The lowest BCUT2D eigenvalue weighted by atomic mass is 10.1. The minimum absolute atomic E-state index is 0.470. The fraction of sp³-hybridized carbons (Fsp3) is 0.214. The molecule has 1 aromatic carbocycles. The lowest BCUT2D eigenvalue weighted by Crippen LogP contribution is -1.98. The third-order valence-corrected chi connectivity index (χ3v) is 3.02. The van der Waals surface area contributed by atoms with Gasteiger partial charge in [-0.15, -0.1) is 0 Å². The summed E-state index contributed by atoms with van der Waals surface area (Å²) in [6.07, 6.45) is 2.60. The van der Waals surface area contributed by atoms with Crippen LogP contribution in [-0.2, 0) is 13.0 Å². The summed E-state index contributed by atoms with van der Waals surface area (Å²) >= 11 is 6.05. The van der Waals surface area contributed by atoms with Gasteiger partial charge in [0.05, 0.1) is 0 Å². The number of rotatable bonds is 4. The molecule has 0 amide bonds. The summed E-state index contributed by atoms with van der Waals surface area (Å²) in [6, 6.07) is 9.35. The minimum atomic E-state index is 0.470. The first-order valence-electron chi connectivity index (χ1n) is 5.80. The first kappa shape index (κ1) is 12.7. The largest absolute Gasteiger partial charge is 0.489 e. The van der Waals surface area contributed by atoms with Crippen molar-refractivity contribution in [2.24, 2.45) is 0 Å². The van der Waals surface area contributed by atoms with Gasteiger partial charge < -0.3 is 10.5 Å². The zero-order valence-corrected chi connectivity index (χ0v) is 10.9. The maximum atomic E-state index is 6.05. The van der Waals surface area contributed by atoms with Crippen LogP contribution in [0.2, 0.25) is 5.02 Å². The summed E-state index contributed by atoms with van der Waals surface area (Å²) in [6.45, 7) is 2.53. The molecule has 0 fully saturated rings. The second kappa shape index (κ2) is 5.74. The van der Waals surface area contributed by atoms with Crippen molar-refractivity contribution in [2.75, 3.05) is 5.73 Å². The van der Waals surface area contributed by atoms with Crippen LogP contribution >= 0.6 is 11.6 Å². The van der Waals surface area contributed by atoms with Gasteiger partial charge in [0, 0.05) is 16.8 Å². The van der Waals surface area contributed by atoms with Gasteiger partial charge >= 0.3 is 0 Å². The van der Waals surface area contributed by atoms with E-state index in [1.54, 1.807) is 12.3 Å². The molecular weight excluding hydrogens is 248 g/mol. The molecule has 0 saturated heterocycles. The molecule has 94 valence electrons. The Kier molecular flexibility index (Phi) is 4.05. The number of nitrogen functional groups attached to an aromatic ring is 1. The molecule has 0 radical (unpaired) electrons. The summed E-state index contributed by atoms with van der Waals surface area (Å²) in [7, 11) is 0. The van der Waals surface area contributed by atoms with Gasteiger partial charge in [0.2, 0.25) is 0 Å². The lowest BCUT2D eigenvalue weighted by molar-refractivity contribution is 0.305. The lowest BCUT2D eigenvalue weighted by Gasteiger charge is -2.08. The van der Waals surface area contributed by atoms with E-state index < -0.39 is 0 Å². The highest BCUT2D eigenvalue weighted by Crippen LogP contribution is 2.23. The van der Waals surface area contributed by atoms with Gasteiger partial charge in [-0.1, -0.05) is 24.6 Å². The highest BCUT2D eigenvalue weighted by atomic mass is 35.5. The molecule has 4 heteroatoms. The molecule has 0 atom stereocenters. The first-order chi connectivity index (χ1) is 8.69. The van der Waals surface area contributed by atoms with E-state index in [0.717, 1.165) is 28.3 Å². The van der Waals surface area contributed by atoms with E-state index in [2.05, 4.69) is 11.9 Å². The molecule has 0 spiro atoms. The number of hydrogen-bond acceptors (Lipinski definition) is 3. The third-order valence-electron chi connectivity index (χ3n) is 2.65. The van der Waals surface area contributed by atoms with E-state index in [-0.39, 0.29) is 0 Å². The topological polar surface area (TPSA) is 48.1 Å². The van der Waals surface area contributed by atoms with Crippen molar-refractivity contribution < 1.29 is 4.74 Å². The maximum Gasteiger partial charge on any atom is 0.123 e. The van der Waals surface area contributed by atoms with Crippen LogP contribution in [0.25, 0.3) is 0 Å². The van der Waals surface area contributed by atoms with Gasteiger partial charge in [0.15, 0.2) is 0 Å². The number of anilines is 1. The zero-order valence-electron chi connectivity index (χ0n) is 10.2. The molecule has 2 aromatic rings. The third kappa shape index (κ3) is 3.14. The number of benzene rings is 1. The van der Waals surface area contributed by atoms with Gasteiger partial charge in [0.25, 0.3) is 0 Å². The molecule has 3 nitrogen and oxygen atoms in total. The molecule has 0 bridgehead atoms. The Morgan fingerprint density at radius 1 is 1.28 bits per heavy atom. The SMILES string of the molecule is CCc1cc(OCc2ccc(N)nc2)ccc1Cl. The van der Waals surface area contributed by atoms with Crippen LogP contribution in [0.3, 0.4) is 0 Å². The van der Waals surface area contributed by atoms with E-state index in [4.69, 9.17) is 22.1 Å². The zero-order chi connectivity index (χ0) is 13.0. The predicted molar refractivity (Wildman–Crippen MR) is 73.8 cm³/mol. The molecule has 0 saturated carbocycles. The van der Waals surface area contributed by atoms with Crippen molar-refractivity contribution in [2.45, 2.75) is 20.0 Å². The number of nitrogens with two attached hydrogens (primary N) is 1. The molecule has 1 aromatic heterocycles. The van der Waals surface area contributed by atoms with Crippen LogP contribution in [0.5, 0.6) is 5.75 Å². The maximum absolute atomic E-state index is 6.05. The van der Waals surface area contributed by atoms with Gasteiger partial charge in [-0.25, -0.2) is 4.98 Å². The Balaban J connectivity index is 2.04. The van der Waals surface area contributed by atoms with E-state index in [0.29, 0.717) is 12.4 Å². The predicted octanol–water partition coefficient (Wildman–Crippen LogP) is 3.46. The van der Waals surface area contributed by atoms with Crippen LogP contribution in [0.4, 0.5) is 5.82 Å². The summed E-state index contributed by atoms with van der Waals surface area (Å²) in [5.74, 6) is 1.33. The highest BCUT2D eigenvalue weighted by Gasteiger charge is 2.02. The number of hydrogen-bond donors (Lipinski definition) is 1. The van der Waals surface area contributed by atoms with Crippen molar-refractivity contribution in [3.05, 3.63) is 52.7 Å². The number of nitrogens with zero attached hydrogens (tertiary/aromatic N) is 1. The number of halogens is 1. The quantitative estimate of drug-likeness (QED) is 0.918. The molecule has 0 aliphatic carbocycles. The van der Waals surface area contributed by atoms with Crippen LogP contribution in [0, 0.1) is 0 Å². The van der Waals surface area contributed by atoms with E-state index in [9.17, 15) is 0 Å². The Bertz CT molecular complexity index is 526. The van der Waals surface area contributed by atoms with Gasteiger partial charge in [-0.2, -0.15) is 0 Å². The molecule has 2 rings (SSSR count). The summed E-state index contributed by atoms with van der Waals surface area (Å²) in [5.41, 5.74) is 7.59. The fourth-order valence-corrected chi connectivity index (χ4v) is 1.85. The van der Waals surface area contributed by atoms with Crippen molar-refractivity contribution >= 4 is 17.4 Å². The average Bonchev–Trinajstić information content (AvgIpc) is 2.39.